The van der Waals surface area contributed by atoms with Crippen molar-refractivity contribution in [1.82, 2.24) is 0 Å². The molecule has 0 N–H and O–H groups in total. The molecule has 0 spiro atoms. The molecule has 1 aliphatic rings. The van der Waals surface area contributed by atoms with E-state index in [1.54, 1.807) is 18.1 Å². The van der Waals surface area contributed by atoms with Gasteiger partial charge in [-0.05, 0) is 42.8 Å². The van der Waals surface area contributed by atoms with Crippen LogP contribution >= 0.6 is 15.9 Å². The van der Waals surface area contributed by atoms with Gasteiger partial charge in [0.15, 0.2) is 11.5 Å². The molecule has 0 aliphatic carbocycles. The molecule has 1 heterocycles. The van der Waals surface area contributed by atoms with Crippen LogP contribution in [0.1, 0.15) is 29.2 Å². The molecule has 5 nitrogen and oxygen atoms in total. The topological polar surface area (TPSA) is 62.6 Å². The summed E-state index contributed by atoms with van der Waals surface area (Å²) in [5.74, 6) is 1.07. The summed E-state index contributed by atoms with van der Waals surface area (Å²) in [7, 11) is 1.57. The van der Waals surface area contributed by atoms with Gasteiger partial charge in [-0.1, -0.05) is 52.3 Å². The summed E-state index contributed by atoms with van der Waals surface area (Å²) in [4.78, 5) is 14.8. The number of carbonyl (C=O) groups is 1. The Morgan fingerprint density at radius 3 is 2.59 bits per heavy atom. The molecule has 0 saturated heterocycles. The third-order valence-electron chi connectivity index (χ3n) is 5.38. The van der Waals surface area contributed by atoms with E-state index in [0.717, 1.165) is 26.9 Å². The summed E-state index contributed by atoms with van der Waals surface area (Å²) in [5.41, 5.74) is 4.66. The summed E-state index contributed by atoms with van der Waals surface area (Å²) in [6.45, 7) is 2.81. The average Bonchev–Trinajstić information content (AvgIpc) is 3.09. The highest BCUT2D eigenvalue weighted by Gasteiger charge is 2.31. The molecule has 0 atom stereocenters. The highest BCUT2D eigenvalue weighted by atomic mass is 79.9. The first-order valence-corrected chi connectivity index (χ1v) is 11.0. The van der Waals surface area contributed by atoms with E-state index in [9.17, 15) is 10.1 Å². The van der Waals surface area contributed by atoms with Gasteiger partial charge in [0.2, 0.25) is 0 Å². The zero-order chi connectivity index (χ0) is 22.7. The molecule has 3 aromatic carbocycles. The molecule has 3 aromatic rings. The quantitative estimate of drug-likeness (QED) is 0.410. The summed E-state index contributed by atoms with van der Waals surface area (Å²) < 4.78 is 12.3. The number of ether oxygens (including phenoxy) is 2. The van der Waals surface area contributed by atoms with Crippen molar-refractivity contribution in [3.63, 3.8) is 0 Å². The second kappa shape index (κ2) is 9.29. The minimum absolute atomic E-state index is 0.0204. The Kier molecular flexibility index (Phi) is 6.29. The fourth-order valence-corrected chi connectivity index (χ4v) is 4.20. The lowest BCUT2D eigenvalue weighted by Crippen LogP contribution is -2.25. The molecule has 0 radical (unpaired) electrons. The molecule has 1 amide bonds. The first kappa shape index (κ1) is 21.7. The summed E-state index contributed by atoms with van der Waals surface area (Å²) in [6, 6.07) is 21.0. The van der Waals surface area contributed by atoms with Crippen molar-refractivity contribution in [2.75, 3.05) is 18.6 Å². The van der Waals surface area contributed by atoms with Crippen molar-refractivity contribution in [1.29, 1.82) is 5.26 Å². The van der Waals surface area contributed by atoms with Gasteiger partial charge in [0.1, 0.15) is 6.61 Å². The van der Waals surface area contributed by atoms with E-state index in [2.05, 4.69) is 22.0 Å². The van der Waals surface area contributed by atoms with Crippen molar-refractivity contribution in [3.05, 3.63) is 87.4 Å². The van der Waals surface area contributed by atoms with Gasteiger partial charge in [-0.3, -0.25) is 4.79 Å². The number of methoxy groups -OCH3 is 1. The van der Waals surface area contributed by atoms with Gasteiger partial charge in [0.25, 0.3) is 5.91 Å². The molecule has 6 heteroatoms. The predicted octanol–water partition coefficient (Wildman–Crippen LogP) is 5.82. The standard InChI is InChI=1S/C26H21BrN2O3/c1-3-29-23-11-7-6-10-20(23)21(26(29)30)12-19-13-24(31-2)25(14-22(19)27)32-16-18-9-5-4-8-17(18)15-28/h4-14H,3,16H2,1-2H3/b21-12-. The number of benzene rings is 3. The number of nitrogens with zero attached hydrogens (tertiary/aromatic N) is 2. The van der Waals surface area contributed by atoms with Crippen LogP contribution in [-0.4, -0.2) is 19.6 Å². The number of carbonyl (C=O) groups excluding carboxylic acids is 1. The zero-order valence-electron chi connectivity index (χ0n) is 17.8. The van der Waals surface area contributed by atoms with Crippen LogP contribution in [0.2, 0.25) is 0 Å². The number of nitriles is 1. The number of halogens is 1. The number of hydrogen-bond donors (Lipinski definition) is 0. The van der Waals surface area contributed by atoms with Gasteiger partial charge in [-0.25, -0.2) is 0 Å². The highest BCUT2D eigenvalue weighted by molar-refractivity contribution is 9.10. The van der Waals surface area contributed by atoms with Crippen LogP contribution in [0.4, 0.5) is 5.69 Å². The predicted molar refractivity (Wildman–Crippen MR) is 129 cm³/mol. The first-order chi connectivity index (χ1) is 15.6. The molecule has 160 valence electrons. The molecular weight excluding hydrogens is 468 g/mol. The smallest absolute Gasteiger partial charge is 0.258 e. The maximum absolute atomic E-state index is 13.0. The van der Waals surface area contributed by atoms with E-state index in [1.165, 1.54) is 0 Å². The highest BCUT2D eigenvalue weighted by Crippen LogP contribution is 2.40. The van der Waals surface area contributed by atoms with Crippen LogP contribution in [0.3, 0.4) is 0 Å². The van der Waals surface area contributed by atoms with Crippen molar-refractivity contribution in [2.45, 2.75) is 13.5 Å². The Hall–Kier alpha value is -3.56. The maximum Gasteiger partial charge on any atom is 0.258 e. The molecule has 0 unspecified atom stereocenters. The van der Waals surface area contributed by atoms with Crippen molar-refractivity contribution in [2.24, 2.45) is 0 Å². The largest absolute Gasteiger partial charge is 0.493 e. The fraction of sp³-hybridized carbons (Fsp3) is 0.154. The molecule has 4 rings (SSSR count). The molecule has 0 bridgehead atoms. The van der Waals surface area contributed by atoms with Crippen LogP contribution in [0.15, 0.2) is 65.1 Å². The van der Waals surface area contributed by atoms with E-state index in [0.29, 0.717) is 29.2 Å². The minimum atomic E-state index is -0.0204. The normalized spacial score (nSPS) is 13.8. The second-order valence-electron chi connectivity index (χ2n) is 7.21. The van der Waals surface area contributed by atoms with E-state index in [4.69, 9.17) is 9.47 Å². The number of hydrogen-bond acceptors (Lipinski definition) is 4. The Morgan fingerprint density at radius 1 is 1.09 bits per heavy atom. The molecule has 32 heavy (non-hydrogen) atoms. The summed E-state index contributed by atoms with van der Waals surface area (Å²) in [5, 5.41) is 9.29. The Bertz CT molecular complexity index is 1260. The van der Waals surface area contributed by atoms with Crippen molar-refractivity contribution in [3.8, 4) is 17.6 Å². The number of fused-ring (bicyclic) bond motifs is 1. The van der Waals surface area contributed by atoms with Gasteiger partial charge in [-0.2, -0.15) is 5.26 Å². The number of amides is 1. The van der Waals surface area contributed by atoms with Crippen molar-refractivity contribution < 1.29 is 14.3 Å². The van der Waals surface area contributed by atoms with Gasteiger partial charge in [0.05, 0.1) is 24.4 Å². The SMILES string of the molecule is CCN1C(=O)/C(=C\c2cc(OC)c(OCc3ccccc3C#N)cc2Br)c2ccccc21. The van der Waals surface area contributed by atoms with Crippen molar-refractivity contribution >= 4 is 39.2 Å². The third kappa shape index (κ3) is 4.00. The zero-order valence-corrected chi connectivity index (χ0v) is 19.3. The van der Waals surface area contributed by atoms with Gasteiger partial charge >= 0.3 is 0 Å². The van der Waals surface area contributed by atoms with E-state index >= 15 is 0 Å². The van der Waals surface area contributed by atoms with Crippen LogP contribution in [0.5, 0.6) is 11.5 Å². The Morgan fingerprint density at radius 2 is 1.84 bits per heavy atom. The number of para-hydroxylation sites is 1. The maximum atomic E-state index is 13.0. The fourth-order valence-electron chi connectivity index (χ4n) is 3.76. The lowest BCUT2D eigenvalue weighted by molar-refractivity contribution is -0.112. The lowest BCUT2D eigenvalue weighted by atomic mass is 10.0. The van der Waals surface area contributed by atoms with E-state index < -0.39 is 0 Å². The monoisotopic (exact) mass is 488 g/mol. The van der Waals surface area contributed by atoms with E-state index in [1.807, 2.05) is 67.6 Å². The summed E-state index contributed by atoms with van der Waals surface area (Å²) >= 11 is 3.61. The number of likely N-dealkylation sites (N-methyl/N-ethyl adjacent to an activating group) is 1. The minimum Gasteiger partial charge on any atom is -0.493 e. The lowest BCUT2D eigenvalue weighted by Gasteiger charge is -2.14. The number of rotatable bonds is 6. The third-order valence-corrected chi connectivity index (χ3v) is 6.07. The van der Waals surface area contributed by atoms with Crippen LogP contribution in [0.25, 0.3) is 11.6 Å². The van der Waals surface area contributed by atoms with Crippen LogP contribution in [-0.2, 0) is 11.4 Å². The van der Waals surface area contributed by atoms with Gasteiger partial charge in [0, 0.05) is 27.7 Å². The van der Waals surface area contributed by atoms with Gasteiger partial charge < -0.3 is 14.4 Å². The summed E-state index contributed by atoms with van der Waals surface area (Å²) in [6.07, 6.45) is 1.87. The van der Waals surface area contributed by atoms with Crippen LogP contribution in [0, 0.1) is 11.3 Å². The Labute approximate surface area is 195 Å². The molecule has 0 saturated carbocycles. The molecule has 1 aliphatic heterocycles. The first-order valence-electron chi connectivity index (χ1n) is 10.2. The molecular formula is C26H21BrN2O3. The number of anilines is 1. The van der Waals surface area contributed by atoms with Crippen LogP contribution < -0.4 is 14.4 Å². The molecule has 0 fully saturated rings. The second-order valence-corrected chi connectivity index (χ2v) is 8.06. The molecule has 0 aromatic heterocycles. The average molecular weight is 489 g/mol. The Balaban J connectivity index is 1.67. The van der Waals surface area contributed by atoms with E-state index in [-0.39, 0.29) is 12.5 Å². The van der Waals surface area contributed by atoms with Gasteiger partial charge in [-0.15, -0.1) is 0 Å².